The monoisotopic (exact) mass is 534 g/mol. The van der Waals surface area contributed by atoms with Gasteiger partial charge >= 0.3 is 0 Å². The van der Waals surface area contributed by atoms with Crippen molar-refractivity contribution in [3.8, 4) is 11.5 Å². The van der Waals surface area contributed by atoms with Crippen LogP contribution < -0.4 is 9.47 Å². The molecule has 3 aromatic carbocycles. The van der Waals surface area contributed by atoms with E-state index in [4.69, 9.17) is 9.47 Å². The second-order valence-electron chi connectivity index (χ2n) is 9.50. The first-order valence-electron chi connectivity index (χ1n) is 13.2. The number of ether oxygens (including phenoxy) is 2. The molecule has 1 atom stereocenters. The maximum Gasteiger partial charge on any atom is 0.295 e. The van der Waals surface area contributed by atoms with Crippen LogP contribution in [-0.2, 0) is 22.7 Å². The van der Waals surface area contributed by atoms with Gasteiger partial charge in [-0.05, 0) is 59.5 Å². The molecule has 0 spiro atoms. The minimum absolute atomic E-state index is 0.0321. The molecule has 1 N–H and O–H groups in total. The van der Waals surface area contributed by atoms with Crippen LogP contribution >= 0.6 is 0 Å². The average molecular weight is 535 g/mol. The van der Waals surface area contributed by atoms with Crippen molar-refractivity contribution in [1.82, 2.24) is 9.88 Å². The zero-order chi connectivity index (χ0) is 27.9. The predicted octanol–water partition coefficient (Wildman–Crippen LogP) is 6.07. The largest absolute Gasteiger partial charge is 0.507 e. The topological polar surface area (TPSA) is 89.0 Å². The van der Waals surface area contributed by atoms with Gasteiger partial charge in [-0.1, -0.05) is 61.5 Å². The molecule has 7 heteroatoms. The Labute approximate surface area is 233 Å². The second kappa shape index (κ2) is 12.3. The molecule has 1 unspecified atom stereocenters. The fourth-order valence-corrected chi connectivity index (χ4v) is 4.67. The highest BCUT2D eigenvalue weighted by molar-refractivity contribution is 6.46. The van der Waals surface area contributed by atoms with Gasteiger partial charge < -0.3 is 19.5 Å². The Morgan fingerprint density at radius 2 is 1.60 bits per heavy atom. The number of likely N-dealkylation sites (tertiary alicyclic amines) is 1. The summed E-state index contributed by atoms with van der Waals surface area (Å²) in [5.41, 5.74) is 2.98. The molecule has 202 valence electrons. The molecule has 0 aliphatic carbocycles. The van der Waals surface area contributed by atoms with Gasteiger partial charge in [0.15, 0.2) is 0 Å². The van der Waals surface area contributed by atoms with Crippen LogP contribution in [-0.4, -0.2) is 33.3 Å². The Bertz CT molecular complexity index is 1500. The fraction of sp³-hybridized carbons (Fsp3) is 0.182. The van der Waals surface area contributed by atoms with Crippen LogP contribution in [0.1, 0.15) is 41.6 Å². The van der Waals surface area contributed by atoms with Gasteiger partial charge in [-0.25, -0.2) is 0 Å². The number of rotatable bonds is 10. The van der Waals surface area contributed by atoms with Gasteiger partial charge in [0, 0.05) is 24.5 Å². The number of carbonyl (C=O) groups is 2. The Balaban J connectivity index is 1.51. The summed E-state index contributed by atoms with van der Waals surface area (Å²) in [6.07, 6.45) is 4.12. The summed E-state index contributed by atoms with van der Waals surface area (Å²) in [5.74, 6) is -0.424. The van der Waals surface area contributed by atoms with E-state index in [-0.39, 0.29) is 17.9 Å². The highest BCUT2D eigenvalue weighted by Crippen LogP contribution is 2.41. The molecular formula is C33H30N2O5. The summed E-state index contributed by atoms with van der Waals surface area (Å²) in [4.78, 5) is 32.3. The normalized spacial score (nSPS) is 16.2. The van der Waals surface area contributed by atoms with Gasteiger partial charge in [0.05, 0.1) is 18.2 Å². The number of hydrogen-bond donors (Lipinski definition) is 1. The fourth-order valence-electron chi connectivity index (χ4n) is 4.67. The number of Topliss-reactive ketones (excluding diaryl/α,β-unsaturated/α-hetero) is 1. The number of aliphatic hydroxyl groups excluding tert-OH is 1. The first-order chi connectivity index (χ1) is 19.5. The van der Waals surface area contributed by atoms with Crippen LogP contribution in [0.4, 0.5) is 0 Å². The van der Waals surface area contributed by atoms with Crippen molar-refractivity contribution in [3.63, 3.8) is 0 Å². The summed E-state index contributed by atoms with van der Waals surface area (Å²) in [5, 5.41) is 11.4. The Morgan fingerprint density at radius 1 is 0.850 bits per heavy atom. The number of amides is 1. The number of benzene rings is 3. The van der Waals surface area contributed by atoms with E-state index in [1.807, 2.05) is 61.5 Å². The van der Waals surface area contributed by atoms with Crippen molar-refractivity contribution in [2.45, 2.75) is 32.5 Å². The van der Waals surface area contributed by atoms with Crippen molar-refractivity contribution in [1.29, 1.82) is 0 Å². The summed E-state index contributed by atoms with van der Waals surface area (Å²) < 4.78 is 11.7. The molecule has 4 aromatic rings. The molecular weight excluding hydrogens is 504 g/mol. The number of nitrogens with zero attached hydrogens (tertiary/aromatic N) is 2. The van der Waals surface area contributed by atoms with Crippen molar-refractivity contribution < 1.29 is 24.2 Å². The number of ketones is 1. The van der Waals surface area contributed by atoms with E-state index in [9.17, 15) is 14.7 Å². The van der Waals surface area contributed by atoms with Crippen LogP contribution in [0.2, 0.25) is 0 Å². The molecule has 1 aliphatic rings. The molecule has 5 rings (SSSR count). The molecule has 0 bridgehead atoms. The standard InChI is InChI=1S/C33H30N2O5/c1-2-19-39-28-10-6-9-26(20-28)31(36)29-30(35(33(38)32(29)37)21-23-15-17-34-18-16-23)25-11-13-27(14-12-25)40-22-24-7-4-3-5-8-24/h3-18,20,30,36H,2,19,21-22H2,1H3. The molecule has 1 saturated heterocycles. The van der Waals surface area contributed by atoms with Crippen molar-refractivity contribution >= 4 is 17.4 Å². The molecule has 0 radical (unpaired) electrons. The lowest BCUT2D eigenvalue weighted by atomic mass is 9.95. The van der Waals surface area contributed by atoms with Crippen LogP contribution in [0.5, 0.6) is 11.5 Å². The molecule has 1 aromatic heterocycles. The van der Waals surface area contributed by atoms with Crippen LogP contribution in [0.3, 0.4) is 0 Å². The highest BCUT2D eigenvalue weighted by Gasteiger charge is 2.46. The molecule has 1 amide bonds. The maximum absolute atomic E-state index is 13.4. The zero-order valence-electron chi connectivity index (χ0n) is 22.2. The van der Waals surface area contributed by atoms with Crippen molar-refractivity contribution in [2.75, 3.05) is 6.61 Å². The molecule has 0 saturated carbocycles. The summed E-state index contributed by atoms with van der Waals surface area (Å²) in [6.45, 7) is 3.13. The quantitative estimate of drug-likeness (QED) is 0.151. The minimum atomic E-state index is -0.795. The average Bonchev–Trinajstić information content (AvgIpc) is 3.25. The number of carbonyl (C=O) groups excluding carboxylic acids is 2. The first-order valence-corrected chi connectivity index (χ1v) is 13.2. The molecule has 1 aliphatic heterocycles. The SMILES string of the molecule is CCCOc1cccc(C(O)=C2C(=O)C(=O)N(Cc3ccncc3)C2c2ccc(OCc3ccccc3)cc2)c1. The number of aliphatic hydroxyl groups is 1. The van der Waals surface area contributed by atoms with E-state index >= 15 is 0 Å². The summed E-state index contributed by atoms with van der Waals surface area (Å²) in [6, 6.07) is 26.8. The van der Waals surface area contributed by atoms with Crippen molar-refractivity contribution in [2.24, 2.45) is 0 Å². The van der Waals surface area contributed by atoms with Gasteiger partial charge in [-0.15, -0.1) is 0 Å². The zero-order valence-corrected chi connectivity index (χ0v) is 22.2. The van der Waals surface area contributed by atoms with Gasteiger partial charge in [0.25, 0.3) is 11.7 Å². The number of hydrogen-bond acceptors (Lipinski definition) is 6. The summed E-state index contributed by atoms with van der Waals surface area (Å²) in [7, 11) is 0. The highest BCUT2D eigenvalue weighted by atomic mass is 16.5. The maximum atomic E-state index is 13.4. The van der Waals surface area contributed by atoms with E-state index < -0.39 is 17.7 Å². The first kappa shape index (κ1) is 26.7. The molecule has 7 nitrogen and oxygen atoms in total. The Morgan fingerprint density at radius 3 is 2.33 bits per heavy atom. The Kier molecular flexibility index (Phi) is 8.21. The lowest BCUT2D eigenvalue weighted by Crippen LogP contribution is -2.29. The van der Waals surface area contributed by atoms with Crippen molar-refractivity contribution in [3.05, 3.63) is 131 Å². The lowest BCUT2D eigenvalue weighted by molar-refractivity contribution is -0.140. The predicted molar refractivity (Wildman–Crippen MR) is 152 cm³/mol. The van der Waals surface area contributed by atoms with E-state index in [1.165, 1.54) is 4.90 Å². The van der Waals surface area contributed by atoms with E-state index in [1.54, 1.807) is 48.8 Å². The van der Waals surface area contributed by atoms with E-state index in [0.29, 0.717) is 35.8 Å². The second-order valence-corrected chi connectivity index (χ2v) is 9.50. The number of aromatic nitrogens is 1. The van der Waals surface area contributed by atoms with Crippen LogP contribution in [0.15, 0.2) is 109 Å². The van der Waals surface area contributed by atoms with Gasteiger partial charge in [0.1, 0.15) is 23.9 Å². The van der Waals surface area contributed by atoms with Crippen LogP contribution in [0, 0.1) is 0 Å². The van der Waals surface area contributed by atoms with Crippen LogP contribution in [0.25, 0.3) is 5.76 Å². The van der Waals surface area contributed by atoms with Gasteiger partial charge in [-0.3, -0.25) is 14.6 Å². The minimum Gasteiger partial charge on any atom is -0.507 e. The molecule has 2 heterocycles. The third-order valence-electron chi connectivity index (χ3n) is 6.67. The number of pyridine rings is 1. The third-order valence-corrected chi connectivity index (χ3v) is 6.67. The Hall–Kier alpha value is -4.91. The third kappa shape index (κ3) is 5.89. The van der Waals surface area contributed by atoms with Gasteiger partial charge in [0.2, 0.25) is 0 Å². The van der Waals surface area contributed by atoms with E-state index in [2.05, 4.69) is 4.98 Å². The molecule has 1 fully saturated rings. The molecule has 40 heavy (non-hydrogen) atoms. The van der Waals surface area contributed by atoms with Gasteiger partial charge in [-0.2, -0.15) is 0 Å². The lowest BCUT2D eigenvalue weighted by Gasteiger charge is -2.25. The van der Waals surface area contributed by atoms with E-state index in [0.717, 1.165) is 17.5 Å². The smallest absolute Gasteiger partial charge is 0.295 e. The summed E-state index contributed by atoms with van der Waals surface area (Å²) >= 11 is 0.